The van der Waals surface area contributed by atoms with Crippen LogP contribution in [0.25, 0.3) is 0 Å². The summed E-state index contributed by atoms with van der Waals surface area (Å²) in [7, 11) is 4.32. The molecule has 0 aromatic rings. The third kappa shape index (κ3) is 38.6. The molecule has 0 aliphatic heterocycles. The molecule has 0 radical (unpaired) electrons. The van der Waals surface area contributed by atoms with E-state index in [4.69, 9.17) is 9.47 Å². The standard InChI is InChI=1S/C46H92N2O4/c1-6-9-12-15-18-27-34-43-51-45(49)37-30-23-19-25-32-39-48(42-41-47(4)5)40-33-26-20-24-31-38-46(50)52-44(35-28-21-16-13-10-7-2)36-29-22-17-14-11-8-3/h44H,6-43H2,1-5H3. The van der Waals surface area contributed by atoms with Crippen LogP contribution in [0.15, 0.2) is 0 Å². The van der Waals surface area contributed by atoms with E-state index in [1.165, 1.54) is 167 Å². The van der Waals surface area contributed by atoms with Gasteiger partial charge in [0.05, 0.1) is 6.61 Å². The number of carbonyl (C=O) groups is 2. The summed E-state index contributed by atoms with van der Waals surface area (Å²) in [5, 5.41) is 0. The van der Waals surface area contributed by atoms with Gasteiger partial charge >= 0.3 is 11.9 Å². The number of unbranched alkanes of at least 4 members (excludes halogenated alkanes) is 24. The molecule has 0 N–H and O–H groups in total. The van der Waals surface area contributed by atoms with E-state index in [2.05, 4.69) is 44.7 Å². The van der Waals surface area contributed by atoms with Crippen molar-refractivity contribution in [2.45, 2.75) is 239 Å². The van der Waals surface area contributed by atoms with Crippen molar-refractivity contribution in [1.82, 2.24) is 9.80 Å². The van der Waals surface area contributed by atoms with Crippen molar-refractivity contribution in [3.8, 4) is 0 Å². The first-order chi connectivity index (χ1) is 25.4. The van der Waals surface area contributed by atoms with Gasteiger partial charge in [0, 0.05) is 25.9 Å². The molecular formula is C46H92N2O4. The summed E-state index contributed by atoms with van der Waals surface area (Å²) in [6.45, 7) is 11.9. The first-order valence-corrected chi connectivity index (χ1v) is 23.1. The molecule has 0 aromatic heterocycles. The lowest BCUT2D eigenvalue weighted by atomic mass is 10.0. The maximum atomic E-state index is 12.8. The minimum Gasteiger partial charge on any atom is -0.466 e. The first-order valence-electron chi connectivity index (χ1n) is 23.1. The Balaban J connectivity index is 4.11. The van der Waals surface area contributed by atoms with E-state index in [9.17, 15) is 9.59 Å². The third-order valence-corrected chi connectivity index (χ3v) is 10.6. The SMILES string of the molecule is CCCCCCCCCOC(=O)CCCCCCCN(CCCCCCCC(=O)OC(CCCCCCCC)CCCCCCCC)CCN(C)C. The van der Waals surface area contributed by atoms with Crippen molar-refractivity contribution in [2.24, 2.45) is 0 Å². The Morgan fingerprint density at radius 1 is 0.423 bits per heavy atom. The Morgan fingerprint density at radius 2 is 0.808 bits per heavy atom. The molecule has 6 heteroatoms. The number of hydrogen-bond acceptors (Lipinski definition) is 6. The van der Waals surface area contributed by atoms with Crippen LogP contribution in [0, 0.1) is 0 Å². The van der Waals surface area contributed by atoms with Crippen molar-refractivity contribution in [3.63, 3.8) is 0 Å². The number of esters is 2. The molecule has 0 atom stereocenters. The highest BCUT2D eigenvalue weighted by Gasteiger charge is 2.14. The fraction of sp³-hybridized carbons (Fsp3) is 0.957. The number of hydrogen-bond donors (Lipinski definition) is 0. The van der Waals surface area contributed by atoms with Crippen LogP contribution >= 0.6 is 0 Å². The molecule has 0 aliphatic carbocycles. The summed E-state index contributed by atoms with van der Waals surface area (Å²) in [6.07, 6.45) is 39.1. The number of nitrogens with zero attached hydrogens (tertiary/aromatic N) is 2. The highest BCUT2D eigenvalue weighted by molar-refractivity contribution is 5.69. The second-order valence-corrected chi connectivity index (χ2v) is 16.2. The molecule has 310 valence electrons. The normalized spacial score (nSPS) is 11.7. The van der Waals surface area contributed by atoms with E-state index in [0.717, 1.165) is 58.0 Å². The van der Waals surface area contributed by atoms with Crippen LogP contribution < -0.4 is 0 Å². The van der Waals surface area contributed by atoms with E-state index in [1.807, 2.05) is 0 Å². The van der Waals surface area contributed by atoms with Crippen LogP contribution in [0.1, 0.15) is 233 Å². The Morgan fingerprint density at radius 3 is 1.27 bits per heavy atom. The van der Waals surface area contributed by atoms with Gasteiger partial charge in [0.15, 0.2) is 0 Å². The molecule has 0 unspecified atom stereocenters. The third-order valence-electron chi connectivity index (χ3n) is 10.6. The topological polar surface area (TPSA) is 59.1 Å². The average molecular weight is 737 g/mol. The maximum absolute atomic E-state index is 12.8. The Labute approximate surface area is 325 Å². The first kappa shape index (κ1) is 50.9. The van der Waals surface area contributed by atoms with Gasteiger partial charge < -0.3 is 19.3 Å². The molecule has 0 bridgehead atoms. The highest BCUT2D eigenvalue weighted by Crippen LogP contribution is 2.18. The van der Waals surface area contributed by atoms with Gasteiger partial charge in [0.1, 0.15) is 6.10 Å². The van der Waals surface area contributed by atoms with Crippen LogP contribution in [0.2, 0.25) is 0 Å². The lowest BCUT2D eigenvalue weighted by Gasteiger charge is -2.24. The van der Waals surface area contributed by atoms with E-state index >= 15 is 0 Å². The van der Waals surface area contributed by atoms with Gasteiger partial charge in [-0.15, -0.1) is 0 Å². The second kappa shape index (κ2) is 41.0. The molecular weight excluding hydrogens is 645 g/mol. The average Bonchev–Trinajstić information content (AvgIpc) is 3.13. The number of carbonyl (C=O) groups excluding carboxylic acids is 2. The summed E-state index contributed by atoms with van der Waals surface area (Å²) < 4.78 is 11.5. The van der Waals surface area contributed by atoms with Crippen molar-refractivity contribution >= 4 is 11.9 Å². The summed E-state index contributed by atoms with van der Waals surface area (Å²) in [5.74, 6) is 0.0302. The van der Waals surface area contributed by atoms with E-state index in [0.29, 0.717) is 19.4 Å². The number of rotatable bonds is 42. The Bertz CT molecular complexity index is 730. The fourth-order valence-corrected chi connectivity index (χ4v) is 7.08. The lowest BCUT2D eigenvalue weighted by molar-refractivity contribution is -0.150. The van der Waals surface area contributed by atoms with Gasteiger partial charge in [0.2, 0.25) is 0 Å². The predicted octanol–water partition coefficient (Wildman–Crippen LogP) is 13.2. The molecule has 6 nitrogen and oxygen atoms in total. The predicted molar refractivity (Wildman–Crippen MR) is 225 cm³/mol. The molecule has 0 fully saturated rings. The fourth-order valence-electron chi connectivity index (χ4n) is 7.08. The van der Waals surface area contributed by atoms with Gasteiger partial charge in [-0.1, -0.05) is 162 Å². The molecule has 0 saturated heterocycles. The molecule has 0 rings (SSSR count). The molecule has 0 heterocycles. The minimum atomic E-state index is -0.00739. The van der Waals surface area contributed by atoms with Crippen molar-refractivity contribution < 1.29 is 19.1 Å². The van der Waals surface area contributed by atoms with Gasteiger partial charge in [-0.25, -0.2) is 0 Å². The monoisotopic (exact) mass is 737 g/mol. The zero-order chi connectivity index (χ0) is 38.2. The van der Waals surface area contributed by atoms with Crippen LogP contribution in [-0.4, -0.2) is 74.7 Å². The summed E-state index contributed by atoms with van der Waals surface area (Å²) >= 11 is 0. The van der Waals surface area contributed by atoms with Crippen LogP contribution in [0.5, 0.6) is 0 Å². The van der Waals surface area contributed by atoms with E-state index < -0.39 is 0 Å². The minimum absolute atomic E-state index is 0.00739. The summed E-state index contributed by atoms with van der Waals surface area (Å²) in [4.78, 5) is 29.7. The quantitative estimate of drug-likeness (QED) is 0.0459. The van der Waals surface area contributed by atoms with Gasteiger partial charge in [0.25, 0.3) is 0 Å². The Hall–Kier alpha value is -1.14. The van der Waals surface area contributed by atoms with Gasteiger partial charge in [-0.2, -0.15) is 0 Å². The van der Waals surface area contributed by atoms with Crippen molar-refractivity contribution in [2.75, 3.05) is 46.9 Å². The van der Waals surface area contributed by atoms with E-state index in [-0.39, 0.29) is 18.0 Å². The zero-order valence-corrected chi connectivity index (χ0v) is 36.0. The van der Waals surface area contributed by atoms with Crippen LogP contribution in [-0.2, 0) is 19.1 Å². The summed E-state index contributed by atoms with van der Waals surface area (Å²) in [6, 6.07) is 0. The summed E-state index contributed by atoms with van der Waals surface area (Å²) in [5.41, 5.74) is 0. The Kier molecular flexibility index (Phi) is 40.1. The molecule has 0 amide bonds. The van der Waals surface area contributed by atoms with Gasteiger partial charge in [-0.05, 0) is 85.0 Å². The second-order valence-electron chi connectivity index (χ2n) is 16.2. The number of likely N-dealkylation sites (N-methyl/N-ethyl adjacent to an activating group) is 1. The zero-order valence-electron chi connectivity index (χ0n) is 36.0. The highest BCUT2D eigenvalue weighted by atomic mass is 16.5. The molecule has 0 saturated carbocycles. The van der Waals surface area contributed by atoms with Crippen molar-refractivity contribution in [3.05, 3.63) is 0 Å². The van der Waals surface area contributed by atoms with Gasteiger partial charge in [-0.3, -0.25) is 9.59 Å². The molecule has 0 aliphatic rings. The molecule has 52 heavy (non-hydrogen) atoms. The number of ether oxygens (including phenoxy) is 2. The molecule has 0 aromatic carbocycles. The smallest absolute Gasteiger partial charge is 0.306 e. The van der Waals surface area contributed by atoms with Crippen molar-refractivity contribution in [1.29, 1.82) is 0 Å². The molecule has 0 spiro atoms. The lowest BCUT2D eigenvalue weighted by Crippen LogP contribution is -2.33. The maximum Gasteiger partial charge on any atom is 0.306 e. The van der Waals surface area contributed by atoms with Crippen LogP contribution in [0.4, 0.5) is 0 Å². The van der Waals surface area contributed by atoms with Crippen LogP contribution in [0.3, 0.4) is 0 Å². The largest absolute Gasteiger partial charge is 0.466 e. The van der Waals surface area contributed by atoms with E-state index in [1.54, 1.807) is 0 Å².